The molecule has 4 rings (SSSR count). The summed E-state index contributed by atoms with van der Waals surface area (Å²) in [6.45, 7) is 3.07. The number of nitriles is 1. The molecule has 1 aliphatic rings. The van der Waals surface area contributed by atoms with Crippen molar-refractivity contribution < 1.29 is 0 Å². The molecule has 0 fully saturated rings. The first-order chi connectivity index (χ1) is 14.5. The average molecular weight is 462 g/mol. The molecular weight excluding hydrogens is 443 g/mol. The third kappa shape index (κ3) is 4.11. The molecule has 6 nitrogen and oxygen atoms in total. The molecule has 2 aromatic heterocycles. The summed E-state index contributed by atoms with van der Waals surface area (Å²) in [5.74, 6) is 1.51. The number of hydrogen-bond donors (Lipinski definition) is 0. The number of aryl methyl sites for hydroxylation is 2. The highest BCUT2D eigenvalue weighted by Gasteiger charge is 2.20. The monoisotopic (exact) mass is 460 g/mol. The Kier molecular flexibility index (Phi) is 6.14. The molecule has 3 heterocycles. The maximum absolute atomic E-state index is 9.82. The molecule has 0 saturated carbocycles. The van der Waals surface area contributed by atoms with E-state index in [-0.39, 0.29) is 0 Å². The minimum absolute atomic E-state index is 0.395. The molecule has 0 bridgehead atoms. The molecule has 30 heavy (non-hydrogen) atoms. The van der Waals surface area contributed by atoms with Gasteiger partial charge in [-0.2, -0.15) is 10.4 Å². The van der Waals surface area contributed by atoms with E-state index in [9.17, 15) is 5.26 Å². The van der Waals surface area contributed by atoms with Crippen LogP contribution in [0.15, 0.2) is 18.2 Å². The van der Waals surface area contributed by atoms with Crippen molar-refractivity contribution >= 4 is 46.5 Å². The van der Waals surface area contributed by atoms with Crippen LogP contribution in [0.2, 0.25) is 15.2 Å². The van der Waals surface area contributed by atoms with Crippen molar-refractivity contribution in [1.29, 1.82) is 5.26 Å². The molecule has 3 aromatic rings. The Labute approximate surface area is 189 Å². The summed E-state index contributed by atoms with van der Waals surface area (Å²) >= 11 is 18.9. The summed E-state index contributed by atoms with van der Waals surface area (Å²) < 4.78 is 3.71. The van der Waals surface area contributed by atoms with Crippen LogP contribution in [0.5, 0.6) is 0 Å². The molecule has 9 heteroatoms. The summed E-state index contributed by atoms with van der Waals surface area (Å²) in [5.41, 5.74) is 2.67. The first-order valence-corrected chi connectivity index (χ1v) is 10.8. The van der Waals surface area contributed by atoms with E-state index in [0.29, 0.717) is 44.4 Å². The van der Waals surface area contributed by atoms with Gasteiger partial charge in [0.25, 0.3) is 0 Å². The van der Waals surface area contributed by atoms with Gasteiger partial charge in [0, 0.05) is 28.6 Å². The van der Waals surface area contributed by atoms with E-state index in [1.165, 1.54) is 0 Å². The topological polar surface area (TPSA) is 72.3 Å². The standard InChI is InChI=1S/C21H19Cl3N6/c1-13-17(20(24)30(28-13)12-14-6-7-16(22)10-18(14)23)9-15(11-25)21-27-26-19-5-3-2-4-8-29(19)21/h6-7,9-10H,2-5,8,12H2,1H3. The van der Waals surface area contributed by atoms with Gasteiger partial charge in [-0.1, -0.05) is 47.3 Å². The third-order valence-electron chi connectivity index (χ3n) is 5.20. The van der Waals surface area contributed by atoms with Crippen LogP contribution in [-0.4, -0.2) is 24.5 Å². The van der Waals surface area contributed by atoms with Gasteiger partial charge >= 0.3 is 0 Å². The van der Waals surface area contributed by atoms with Crippen molar-refractivity contribution in [2.45, 2.75) is 45.7 Å². The summed E-state index contributed by atoms with van der Waals surface area (Å²) in [6, 6.07) is 7.57. The largest absolute Gasteiger partial charge is 0.310 e. The highest BCUT2D eigenvalue weighted by molar-refractivity contribution is 6.35. The predicted octanol–water partition coefficient (Wildman–Crippen LogP) is 5.58. The van der Waals surface area contributed by atoms with E-state index in [1.807, 2.05) is 17.6 Å². The van der Waals surface area contributed by atoms with E-state index in [0.717, 1.165) is 43.6 Å². The highest BCUT2D eigenvalue weighted by Crippen LogP contribution is 2.29. The maximum atomic E-state index is 9.82. The number of benzene rings is 1. The van der Waals surface area contributed by atoms with Gasteiger partial charge in [-0.25, -0.2) is 4.68 Å². The van der Waals surface area contributed by atoms with E-state index >= 15 is 0 Å². The minimum atomic E-state index is 0.395. The van der Waals surface area contributed by atoms with E-state index < -0.39 is 0 Å². The van der Waals surface area contributed by atoms with Gasteiger partial charge in [0.15, 0.2) is 5.82 Å². The number of nitrogens with zero attached hydrogens (tertiary/aromatic N) is 6. The molecule has 1 aliphatic heterocycles. The van der Waals surface area contributed by atoms with E-state index in [2.05, 4.69) is 21.4 Å². The van der Waals surface area contributed by atoms with Crippen molar-refractivity contribution in [3.05, 3.63) is 61.9 Å². The molecule has 0 N–H and O–H groups in total. The lowest BCUT2D eigenvalue weighted by molar-refractivity contribution is 0.627. The normalized spacial score (nSPS) is 14.3. The van der Waals surface area contributed by atoms with Gasteiger partial charge in [0.2, 0.25) is 0 Å². The molecule has 154 valence electrons. The zero-order valence-electron chi connectivity index (χ0n) is 16.4. The fraction of sp³-hybridized carbons (Fsp3) is 0.333. The lowest BCUT2D eigenvalue weighted by atomic mass is 10.1. The molecule has 0 unspecified atom stereocenters. The highest BCUT2D eigenvalue weighted by atomic mass is 35.5. The molecule has 0 spiro atoms. The average Bonchev–Trinajstić information content (AvgIpc) is 3.12. The van der Waals surface area contributed by atoms with Crippen LogP contribution in [0.3, 0.4) is 0 Å². The van der Waals surface area contributed by atoms with Crippen LogP contribution < -0.4 is 0 Å². The Bertz CT molecular complexity index is 1170. The van der Waals surface area contributed by atoms with Crippen molar-refractivity contribution in [2.24, 2.45) is 0 Å². The molecule has 0 aliphatic carbocycles. The molecule has 1 aromatic carbocycles. The summed E-state index contributed by atoms with van der Waals surface area (Å²) in [7, 11) is 0. The van der Waals surface area contributed by atoms with Crippen LogP contribution in [0.25, 0.3) is 11.6 Å². The lowest BCUT2D eigenvalue weighted by Gasteiger charge is -2.07. The van der Waals surface area contributed by atoms with Crippen molar-refractivity contribution in [3.63, 3.8) is 0 Å². The minimum Gasteiger partial charge on any atom is -0.310 e. The van der Waals surface area contributed by atoms with Crippen molar-refractivity contribution in [3.8, 4) is 6.07 Å². The Morgan fingerprint density at radius 3 is 2.80 bits per heavy atom. The molecular formula is C21H19Cl3N6. The maximum Gasteiger partial charge on any atom is 0.174 e. The van der Waals surface area contributed by atoms with Crippen LogP contribution in [-0.2, 0) is 19.5 Å². The Hall–Kier alpha value is -2.33. The lowest BCUT2D eigenvalue weighted by Crippen LogP contribution is -2.05. The summed E-state index contributed by atoms with van der Waals surface area (Å²) in [4.78, 5) is 0. The summed E-state index contributed by atoms with van der Waals surface area (Å²) in [5, 5.41) is 24.5. The molecule has 0 saturated heterocycles. The Morgan fingerprint density at radius 1 is 1.20 bits per heavy atom. The number of allylic oxidation sites excluding steroid dienone is 1. The van der Waals surface area contributed by atoms with Gasteiger partial charge in [-0.3, -0.25) is 0 Å². The fourth-order valence-corrected chi connectivity index (χ4v) is 4.38. The predicted molar refractivity (Wildman–Crippen MR) is 119 cm³/mol. The molecule has 0 atom stereocenters. The number of hydrogen-bond acceptors (Lipinski definition) is 4. The third-order valence-corrected chi connectivity index (χ3v) is 6.19. The number of aromatic nitrogens is 5. The van der Waals surface area contributed by atoms with Gasteiger partial charge < -0.3 is 4.57 Å². The van der Waals surface area contributed by atoms with Crippen LogP contribution in [0, 0.1) is 18.3 Å². The molecule has 0 amide bonds. The first-order valence-electron chi connectivity index (χ1n) is 9.69. The van der Waals surface area contributed by atoms with Gasteiger partial charge in [-0.15, -0.1) is 10.2 Å². The van der Waals surface area contributed by atoms with Gasteiger partial charge in [0.1, 0.15) is 17.0 Å². The second kappa shape index (κ2) is 8.81. The molecule has 0 radical (unpaired) electrons. The van der Waals surface area contributed by atoms with Crippen LogP contribution in [0.4, 0.5) is 0 Å². The quantitative estimate of drug-likeness (QED) is 0.475. The smallest absolute Gasteiger partial charge is 0.174 e. The van der Waals surface area contributed by atoms with Crippen LogP contribution in [0.1, 0.15) is 47.7 Å². The zero-order valence-corrected chi connectivity index (χ0v) is 18.6. The number of fused-ring (bicyclic) bond motifs is 1. The second-order valence-electron chi connectivity index (χ2n) is 7.26. The first kappa shape index (κ1) is 20.9. The number of halogens is 3. The van der Waals surface area contributed by atoms with E-state index in [4.69, 9.17) is 34.8 Å². The fourth-order valence-electron chi connectivity index (χ4n) is 3.62. The van der Waals surface area contributed by atoms with Gasteiger partial charge in [0.05, 0.1) is 17.8 Å². The SMILES string of the molecule is Cc1nn(Cc2ccc(Cl)cc2Cl)c(Cl)c1C=C(C#N)c1nnc2n1CCCCC2. The second-order valence-corrected chi connectivity index (χ2v) is 8.46. The van der Waals surface area contributed by atoms with Crippen molar-refractivity contribution in [1.82, 2.24) is 24.5 Å². The number of rotatable bonds is 4. The van der Waals surface area contributed by atoms with Gasteiger partial charge in [-0.05, 0) is 43.5 Å². The van der Waals surface area contributed by atoms with E-state index in [1.54, 1.807) is 22.9 Å². The zero-order chi connectivity index (χ0) is 21.3. The Morgan fingerprint density at radius 2 is 2.03 bits per heavy atom. The summed E-state index contributed by atoms with van der Waals surface area (Å²) in [6.07, 6.45) is 5.92. The Balaban J connectivity index is 1.70. The van der Waals surface area contributed by atoms with Crippen molar-refractivity contribution in [2.75, 3.05) is 0 Å². The van der Waals surface area contributed by atoms with Crippen LogP contribution >= 0.6 is 34.8 Å².